The summed E-state index contributed by atoms with van der Waals surface area (Å²) < 4.78 is 10.3. The van der Waals surface area contributed by atoms with Crippen LogP contribution in [0.25, 0.3) is 0 Å². The molecule has 0 aliphatic rings. The second kappa shape index (κ2) is 6.44. The molecule has 0 aliphatic heterocycles. The summed E-state index contributed by atoms with van der Waals surface area (Å²) in [4.78, 5) is 21.7. The maximum Gasteiger partial charge on any atom is 0.331 e. The minimum atomic E-state index is -1.01. The Morgan fingerprint density at radius 2 is 1.95 bits per heavy atom. The monoisotopic (exact) mass is 265 g/mol. The predicted octanol–water partition coefficient (Wildman–Crippen LogP) is 1.20. The lowest BCUT2D eigenvalue weighted by Gasteiger charge is -2.08. The Morgan fingerprint density at radius 3 is 2.47 bits per heavy atom. The van der Waals surface area contributed by atoms with Crippen molar-refractivity contribution in [3.05, 3.63) is 35.4 Å². The lowest BCUT2D eigenvalue weighted by atomic mass is 10.2. The van der Waals surface area contributed by atoms with E-state index in [0.29, 0.717) is 11.5 Å². The maximum atomic E-state index is 11.1. The van der Waals surface area contributed by atoms with Crippen molar-refractivity contribution in [2.75, 3.05) is 13.7 Å². The predicted molar refractivity (Wildman–Crippen MR) is 68.4 cm³/mol. The largest absolute Gasteiger partial charge is 0.497 e. The van der Waals surface area contributed by atoms with Crippen molar-refractivity contribution in [1.82, 2.24) is 0 Å². The lowest BCUT2D eigenvalue weighted by Crippen LogP contribution is -2.11. The fourth-order valence-corrected chi connectivity index (χ4v) is 1.27. The Bertz CT molecular complexity index is 522. The van der Waals surface area contributed by atoms with Crippen LogP contribution in [0.5, 0.6) is 11.5 Å². The van der Waals surface area contributed by atoms with E-state index >= 15 is 0 Å². The molecule has 102 valence electrons. The number of aliphatic carboxylic acids is 1. The number of nitrogens with two attached hydrogens (primary N) is 1. The van der Waals surface area contributed by atoms with Crippen LogP contribution < -0.4 is 15.2 Å². The summed E-state index contributed by atoms with van der Waals surface area (Å²) in [5.41, 5.74) is 5.62. The number of carbonyl (C=O) groups excluding carboxylic acids is 1. The molecule has 1 rings (SSSR count). The van der Waals surface area contributed by atoms with Crippen molar-refractivity contribution < 1.29 is 24.2 Å². The van der Waals surface area contributed by atoms with E-state index < -0.39 is 11.9 Å². The van der Waals surface area contributed by atoms with E-state index in [9.17, 15) is 9.59 Å². The van der Waals surface area contributed by atoms with Gasteiger partial charge in [0.2, 0.25) is 5.91 Å². The van der Waals surface area contributed by atoms with Crippen LogP contribution in [-0.2, 0) is 4.79 Å². The topological polar surface area (TPSA) is 98.8 Å². The first-order chi connectivity index (χ1) is 8.93. The molecule has 1 aromatic carbocycles. The third-order valence-electron chi connectivity index (χ3n) is 2.38. The molecule has 0 radical (unpaired) electrons. The first-order valence-corrected chi connectivity index (χ1v) is 5.45. The Balaban J connectivity index is 2.83. The molecule has 0 fully saturated rings. The molecule has 6 heteroatoms. The van der Waals surface area contributed by atoms with Crippen LogP contribution in [0.15, 0.2) is 29.8 Å². The fourth-order valence-electron chi connectivity index (χ4n) is 1.27. The standard InChI is InChI=1S/C13H15NO5/c1-8(13(16)17)3-4-19-11-6-9(12(14)15)5-10(7-11)18-2/h3,5-7H,4H2,1-2H3,(H2,14,15)(H,16,17)/b8-3-. The summed E-state index contributed by atoms with van der Waals surface area (Å²) in [6, 6.07) is 4.54. The van der Waals surface area contributed by atoms with E-state index in [1.807, 2.05) is 0 Å². The van der Waals surface area contributed by atoms with Crippen LogP contribution in [-0.4, -0.2) is 30.7 Å². The van der Waals surface area contributed by atoms with Crippen molar-refractivity contribution in [3.8, 4) is 11.5 Å². The molecule has 0 spiro atoms. The molecule has 0 aromatic heterocycles. The van der Waals surface area contributed by atoms with Gasteiger partial charge in [0.05, 0.1) is 7.11 Å². The number of hydrogen-bond acceptors (Lipinski definition) is 4. The van der Waals surface area contributed by atoms with Crippen LogP contribution in [0, 0.1) is 0 Å². The zero-order valence-corrected chi connectivity index (χ0v) is 10.7. The van der Waals surface area contributed by atoms with Gasteiger partial charge in [-0.3, -0.25) is 4.79 Å². The van der Waals surface area contributed by atoms with E-state index in [0.717, 1.165) is 0 Å². The number of ether oxygens (including phenoxy) is 2. The normalized spacial score (nSPS) is 10.9. The summed E-state index contributed by atoms with van der Waals surface area (Å²) in [5.74, 6) is -0.791. The Hall–Kier alpha value is -2.50. The molecule has 3 N–H and O–H groups in total. The number of amides is 1. The van der Waals surface area contributed by atoms with Gasteiger partial charge in [0.15, 0.2) is 0 Å². The number of carboxylic acids is 1. The van der Waals surface area contributed by atoms with Gasteiger partial charge >= 0.3 is 5.97 Å². The highest BCUT2D eigenvalue weighted by Crippen LogP contribution is 2.22. The van der Waals surface area contributed by atoms with Crippen LogP contribution in [0.1, 0.15) is 17.3 Å². The number of hydrogen-bond donors (Lipinski definition) is 2. The molecule has 1 amide bonds. The number of methoxy groups -OCH3 is 1. The summed E-state index contributed by atoms with van der Waals surface area (Å²) in [7, 11) is 1.46. The number of benzene rings is 1. The Morgan fingerprint density at radius 1 is 1.32 bits per heavy atom. The van der Waals surface area contributed by atoms with Crippen molar-refractivity contribution in [2.45, 2.75) is 6.92 Å². The highest BCUT2D eigenvalue weighted by Gasteiger charge is 2.07. The van der Waals surface area contributed by atoms with Crippen molar-refractivity contribution in [1.29, 1.82) is 0 Å². The summed E-state index contributed by atoms with van der Waals surface area (Å²) in [6.45, 7) is 1.54. The summed E-state index contributed by atoms with van der Waals surface area (Å²) in [6.07, 6.45) is 1.42. The molecule has 0 bridgehead atoms. The molecule has 19 heavy (non-hydrogen) atoms. The summed E-state index contributed by atoms with van der Waals surface area (Å²) >= 11 is 0. The smallest absolute Gasteiger partial charge is 0.331 e. The van der Waals surface area contributed by atoms with E-state index in [1.54, 1.807) is 6.07 Å². The molecule has 0 atom stereocenters. The molecular weight excluding hydrogens is 250 g/mol. The fraction of sp³-hybridized carbons (Fsp3) is 0.231. The second-order valence-electron chi connectivity index (χ2n) is 3.76. The van der Waals surface area contributed by atoms with Gasteiger partial charge in [-0.1, -0.05) is 0 Å². The number of primary amides is 1. The highest BCUT2D eigenvalue weighted by molar-refractivity contribution is 5.93. The number of carbonyl (C=O) groups is 2. The highest BCUT2D eigenvalue weighted by atomic mass is 16.5. The molecule has 0 aliphatic carbocycles. The average Bonchev–Trinajstić information content (AvgIpc) is 2.37. The van der Waals surface area contributed by atoms with Gasteiger partial charge in [-0.2, -0.15) is 0 Å². The minimum absolute atomic E-state index is 0.0729. The van der Waals surface area contributed by atoms with Gasteiger partial charge in [-0.25, -0.2) is 4.79 Å². The van der Waals surface area contributed by atoms with E-state index in [2.05, 4.69) is 0 Å². The quantitative estimate of drug-likeness (QED) is 0.753. The van der Waals surface area contributed by atoms with E-state index in [4.69, 9.17) is 20.3 Å². The molecule has 0 heterocycles. The number of rotatable bonds is 6. The maximum absolute atomic E-state index is 11.1. The summed E-state index contributed by atoms with van der Waals surface area (Å²) in [5, 5.41) is 8.67. The van der Waals surface area contributed by atoms with Crippen molar-refractivity contribution >= 4 is 11.9 Å². The van der Waals surface area contributed by atoms with Gasteiger partial charge in [0.1, 0.15) is 18.1 Å². The van der Waals surface area contributed by atoms with Gasteiger partial charge < -0.3 is 20.3 Å². The molecule has 0 saturated carbocycles. The zero-order valence-electron chi connectivity index (χ0n) is 10.7. The van der Waals surface area contributed by atoms with Crippen LogP contribution in [0.3, 0.4) is 0 Å². The molecular formula is C13H15NO5. The Kier molecular flexibility index (Phi) is 4.93. The van der Waals surface area contributed by atoms with Gasteiger partial charge in [0, 0.05) is 17.2 Å². The zero-order chi connectivity index (χ0) is 14.4. The van der Waals surface area contributed by atoms with Crippen LogP contribution >= 0.6 is 0 Å². The van der Waals surface area contributed by atoms with Crippen molar-refractivity contribution in [3.63, 3.8) is 0 Å². The lowest BCUT2D eigenvalue weighted by molar-refractivity contribution is -0.132. The van der Waals surface area contributed by atoms with Crippen LogP contribution in [0.4, 0.5) is 0 Å². The number of carboxylic acid groups (broad SMARTS) is 1. The average molecular weight is 265 g/mol. The third kappa shape index (κ3) is 4.34. The van der Waals surface area contributed by atoms with Gasteiger partial charge in [-0.15, -0.1) is 0 Å². The Labute approximate surface area is 110 Å². The molecule has 1 aromatic rings. The molecule has 0 saturated heterocycles. The second-order valence-corrected chi connectivity index (χ2v) is 3.76. The first kappa shape index (κ1) is 14.6. The molecule has 6 nitrogen and oxygen atoms in total. The first-order valence-electron chi connectivity index (χ1n) is 5.45. The molecule has 0 unspecified atom stereocenters. The van der Waals surface area contributed by atoms with Gasteiger partial charge in [-0.05, 0) is 25.1 Å². The van der Waals surface area contributed by atoms with Crippen LogP contribution in [0.2, 0.25) is 0 Å². The van der Waals surface area contributed by atoms with Gasteiger partial charge in [0.25, 0.3) is 0 Å². The minimum Gasteiger partial charge on any atom is -0.497 e. The van der Waals surface area contributed by atoms with E-state index in [1.165, 1.54) is 32.2 Å². The van der Waals surface area contributed by atoms with E-state index in [-0.39, 0.29) is 17.7 Å². The van der Waals surface area contributed by atoms with Crippen molar-refractivity contribution in [2.24, 2.45) is 5.73 Å². The SMILES string of the molecule is COc1cc(OC/C=C(/C)C(=O)O)cc(C(N)=O)c1. The third-order valence-corrected chi connectivity index (χ3v) is 2.38.